The van der Waals surface area contributed by atoms with Crippen LogP contribution in [0, 0.1) is 0 Å². The number of ether oxygens (including phenoxy) is 1. The van der Waals surface area contributed by atoms with E-state index in [1.807, 2.05) is 31.5 Å². The number of nitrogens with zero attached hydrogens (tertiary/aromatic N) is 2. The molecule has 0 bridgehead atoms. The average Bonchev–Trinajstić information content (AvgIpc) is 3.09. The number of hydrogen-bond acceptors (Lipinski definition) is 6. The van der Waals surface area contributed by atoms with E-state index in [0.29, 0.717) is 0 Å². The quantitative estimate of drug-likeness (QED) is 0.373. The number of allylic oxidation sites excluding steroid dienone is 2. The molecule has 3 heterocycles. The molecule has 0 radical (unpaired) electrons. The molecule has 3 aliphatic rings. The lowest BCUT2D eigenvalue weighted by molar-refractivity contribution is -0.775. The van der Waals surface area contributed by atoms with Crippen LogP contribution in [0.15, 0.2) is 41.7 Å². The second-order valence-electron chi connectivity index (χ2n) is 7.95. The molecule has 1 aliphatic carbocycles. The van der Waals surface area contributed by atoms with Gasteiger partial charge in [0, 0.05) is 28.7 Å². The molecule has 30 heavy (non-hydrogen) atoms. The third kappa shape index (κ3) is 3.02. The first-order valence-corrected chi connectivity index (χ1v) is 9.71. The Hall–Kier alpha value is -2.10. The molecular formula is C22H23BrN2O5. The maximum atomic E-state index is 10.4. The third-order valence-corrected chi connectivity index (χ3v) is 6.19. The van der Waals surface area contributed by atoms with Gasteiger partial charge < -0.3 is 42.1 Å². The number of aliphatic imine (C=N–C) groups is 1. The number of aromatic nitrogens is 1. The van der Waals surface area contributed by atoms with Crippen molar-refractivity contribution in [3.63, 3.8) is 0 Å². The fourth-order valence-corrected chi connectivity index (χ4v) is 4.56. The minimum atomic E-state index is -1.26. The molecule has 0 spiro atoms. The van der Waals surface area contributed by atoms with Crippen molar-refractivity contribution in [3.05, 3.63) is 53.3 Å². The summed E-state index contributed by atoms with van der Waals surface area (Å²) in [5.41, 5.74) is 6.92. The molecule has 1 aromatic carbocycles. The van der Waals surface area contributed by atoms with Crippen LogP contribution in [0.5, 0.6) is 5.75 Å². The van der Waals surface area contributed by atoms with Gasteiger partial charge in [0.25, 0.3) is 6.23 Å². The monoisotopic (exact) mass is 474 g/mol. The number of aliphatic hydroxyl groups excluding tert-OH is 3. The topological polar surface area (TPSA) is 106 Å². The van der Waals surface area contributed by atoms with Crippen LogP contribution >= 0.6 is 0 Å². The Morgan fingerprint density at radius 2 is 1.87 bits per heavy atom. The highest BCUT2D eigenvalue weighted by molar-refractivity contribution is 6.38. The molecule has 5 unspecified atom stereocenters. The normalized spacial score (nSPS) is 29.5. The van der Waals surface area contributed by atoms with Gasteiger partial charge in [-0.25, -0.2) is 0 Å². The average molecular weight is 475 g/mol. The van der Waals surface area contributed by atoms with E-state index in [9.17, 15) is 20.4 Å². The summed E-state index contributed by atoms with van der Waals surface area (Å²) >= 11 is 0. The number of halogens is 1. The molecule has 1 aromatic heterocycles. The minimum Gasteiger partial charge on any atom is -1.00 e. The number of benzene rings is 1. The van der Waals surface area contributed by atoms with Gasteiger partial charge in [0.2, 0.25) is 0 Å². The Bertz CT molecular complexity index is 1080. The van der Waals surface area contributed by atoms with Crippen LogP contribution < -0.4 is 21.5 Å². The molecule has 4 N–H and O–H groups in total. The van der Waals surface area contributed by atoms with E-state index in [-0.39, 0.29) is 35.3 Å². The van der Waals surface area contributed by atoms with Gasteiger partial charge >= 0.3 is 0 Å². The predicted octanol–water partition coefficient (Wildman–Crippen LogP) is -1.57. The van der Waals surface area contributed by atoms with Gasteiger partial charge in [0.05, 0.1) is 18.0 Å². The molecule has 0 amide bonds. The lowest BCUT2D eigenvalue weighted by Crippen LogP contribution is -3.00. The molecule has 1 fully saturated rings. The maximum absolute atomic E-state index is 10.4. The van der Waals surface area contributed by atoms with Crippen molar-refractivity contribution in [3.8, 4) is 5.75 Å². The molecule has 0 saturated carbocycles. The summed E-state index contributed by atoms with van der Waals surface area (Å²) in [4.78, 5) is 4.80. The fraction of sp³-hybridized carbons (Fsp3) is 0.364. The lowest BCUT2D eigenvalue weighted by atomic mass is 9.78. The van der Waals surface area contributed by atoms with E-state index in [4.69, 9.17) is 9.73 Å². The van der Waals surface area contributed by atoms with E-state index in [1.165, 1.54) is 0 Å². The zero-order chi connectivity index (χ0) is 20.4. The summed E-state index contributed by atoms with van der Waals surface area (Å²) in [6.45, 7) is 4.08. The van der Waals surface area contributed by atoms with Crippen molar-refractivity contribution in [1.29, 1.82) is 0 Å². The Balaban J connectivity index is 0.00000218. The van der Waals surface area contributed by atoms with Gasteiger partial charge in [-0.05, 0) is 36.3 Å². The Morgan fingerprint density at radius 1 is 1.10 bits per heavy atom. The van der Waals surface area contributed by atoms with Crippen molar-refractivity contribution < 1.29 is 46.7 Å². The molecule has 8 heteroatoms. The van der Waals surface area contributed by atoms with Crippen molar-refractivity contribution in [2.24, 2.45) is 4.99 Å². The SMILES string of the molecule is CC1=C2C(=Nc3ccc(O)cc32)C(C)c2cc[n+](C3OCC(O)C(O)C3O)cc21.[Br-]. The Labute approximate surface area is 184 Å². The van der Waals surface area contributed by atoms with E-state index in [2.05, 4.69) is 6.92 Å². The fourth-order valence-electron chi connectivity index (χ4n) is 4.56. The molecule has 7 nitrogen and oxygen atoms in total. The molecule has 158 valence electrons. The first kappa shape index (κ1) is 21.1. The zero-order valence-electron chi connectivity index (χ0n) is 16.5. The molecule has 5 rings (SSSR count). The van der Waals surface area contributed by atoms with Gasteiger partial charge in [0.1, 0.15) is 18.0 Å². The van der Waals surface area contributed by atoms with Crippen LogP contribution in [0.4, 0.5) is 5.69 Å². The summed E-state index contributed by atoms with van der Waals surface area (Å²) < 4.78 is 7.33. The Kier molecular flexibility index (Phi) is 5.32. The van der Waals surface area contributed by atoms with Crippen molar-refractivity contribution >= 4 is 22.5 Å². The molecule has 2 aliphatic heterocycles. The highest BCUT2D eigenvalue weighted by Crippen LogP contribution is 2.48. The van der Waals surface area contributed by atoms with Crippen molar-refractivity contribution in [2.75, 3.05) is 6.61 Å². The molecule has 1 saturated heterocycles. The third-order valence-electron chi connectivity index (χ3n) is 6.19. The summed E-state index contributed by atoms with van der Waals surface area (Å²) in [6, 6.07) is 7.19. The second-order valence-corrected chi connectivity index (χ2v) is 7.95. The predicted molar refractivity (Wildman–Crippen MR) is 106 cm³/mol. The maximum Gasteiger partial charge on any atom is 0.291 e. The van der Waals surface area contributed by atoms with Crippen LogP contribution in [0.25, 0.3) is 11.1 Å². The number of aliphatic hydroxyl groups is 3. The van der Waals surface area contributed by atoms with Crippen LogP contribution in [-0.4, -0.2) is 51.1 Å². The number of rotatable bonds is 1. The van der Waals surface area contributed by atoms with E-state index in [1.54, 1.807) is 16.7 Å². The smallest absolute Gasteiger partial charge is 0.291 e. The summed E-state index contributed by atoms with van der Waals surface area (Å²) in [5, 5.41) is 40.1. The molecule has 5 atom stereocenters. The van der Waals surface area contributed by atoms with Gasteiger partial charge in [-0.1, -0.05) is 6.92 Å². The second kappa shape index (κ2) is 7.55. The van der Waals surface area contributed by atoms with Crippen LogP contribution in [-0.2, 0) is 4.74 Å². The summed E-state index contributed by atoms with van der Waals surface area (Å²) in [5.74, 6) is 0.269. The van der Waals surface area contributed by atoms with E-state index < -0.39 is 24.5 Å². The molecule has 2 aromatic rings. The Morgan fingerprint density at radius 3 is 2.63 bits per heavy atom. The highest BCUT2D eigenvalue weighted by Gasteiger charge is 2.44. The zero-order valence-corrected chi connectivity index (χ0v) is 18.1. The molecular weight excluding hydrogens is 452 g/mol. The van der Waals surface area contributed by atoms with Crippen LogP contribution in [0.3, 0.4) is 0 Å². The highest BCUT2D eigenvalue weighted by atomic mass is 79.9. The number of pyridine rings is 1. The van der Waals surface area contributed by atoms with Gasteiger partial charge in [0.15, 0.2) is 18.5 Å². The minimum absolute atomic E-state index is 0. The van der Waals surface area contributed by atoms with Gasteiger partial charge in [-0.15, -0.1) is 0 Å². The number of phenols is 1. The number of aromatic hydroxyl groups is 1. The lowest BCUT2D eigenvalue weighted by Gasteiger charge is -2.32. The summed E-state index contributed by atoms with van der Waals surface area (Å²) in [7, 11) is 0. The standard InChI is InChI=1S/C22H22N2O5.BrH/c1-10-15-8-24(22-21(28)20(27)17(26)9-29-22)6-5-13(15)11(2)19-18(10)14-7-12(25)3-4-16(14)23-19;/h3-8,11,17,20-22,26-28H,9H2,1-2H3;1H. The first-order chi connectivity index (χ1) is 13.9. The largest absolute Gasteiger partial charge is 1.00 e. The first-order valence-electron chi connectivity index (χ1n) is 9.71. The number of fused-ring (bicyclic) bond motifs is 4. The van der Waals surface area contributed by atoms with Gasteiger partial charge in [-0.2, -0.15) is 4.57 Å². The van der Waals surface area contributed by atoms with Gasteiger partial charge in [-0.3, -0.25) is 4.99 Å². The van der Waals surface area contributed by atoms with Crippen molar-refractivity contribution in [1.82, 2.24) is 0 Å². The number of phenolic OH excluding ortho intramolecular Hbond substituents is 1. The van der Waals surface area contributed by atoms with E-state index in [0.717, 1.165) is 39.2 Å². The van der Waals surface area contributed by atoms with Crippen LogP contribution in [0.2, 0.25) is 0 Å². The van der Waals surface area contributed by atoms with E-state index >= 15 is 0 Å². The summed E-state index contributed by atoms with van der Waals surface area (Å²) in [6.07, 6.45) is -0.674. The van der Waals surface area contributed by atoms with Crippen LogP contribution in [0.1, 0.15) is 42.7 Å². The van der Waals surface area contributed by atoms with Crippen molar-refractivity contribution in [2.45, 2.75) is 44.3 Å². The number of hydrogen-bond donors (Lipinski definition) is 4.